The molecule has 0 radical (unpaired) electrons. The van der Waals surface area contributed by atoms with Gasteiger partial charge in [-0.15, -0.1) is 0 Å². The molecular weight excluding hydrogens is 392 g/mol. The van der Waals surface area contributed by atoms with E-state index in [0.29, 0.717) is 13.1 Å². The number of amides is 2. The van der Waals surface area contributed by atoms with Crippen LogP contribution in [0.15, 0.2) is 36.5 Å². The van der Waals surface area contributed by atoms with Gasteiger partial charge >= 0.3 is 0 Å². The van der Waals surface area contributed by atoms with E-state index in [1.807, 2.05) is 43.7 Å². The van der Waals surface area contributed by atoms with E-state index in [9.17, 15) is 18.4 Å². The summed E-state index contributed by atoms with van der Waals surface area (Å²) in [5.74, 6) is -2.00. The van der Waals surface area contributed by atoms with E-state index in [4.69, 9.17) is 4.74 Å². The Kier molecular flexibility index (Phi) is 6.26. The van der Waals surface area contributed by atoms with Crippen LogP contribution in [0.3, 0.4) is 0 Å². The van der Waals surface area contributed by atoms with Crippen molar-refractivity contribution in [3.63, 3.8) is 0 Å². The van der Waals surface area contributed by atoms with Crippen molar-refractivity contribution in [1.82, 2.24) is 14.4 Å². The van der Waals surface area contributed by atoms with Crippen LogP contribution >= 0.6 is 0 Å². The second kappa shape index (κ2) is 8.55. The van der Waals surface area contributed by atoms with Crippen molar-refractivity contribution in [2.24, 2.45) is 0 Å². The summed E-state index contributed by atoms with van der Waals surface area (Å²) in [7, 11) is 1.42. The second-order valence-electron chi connectivity index (χ2n) is 8.37. The van der Waals surface area contributed by atoms with Crippen LogP contribution in [0, 0.1) is 11.6 Å². The predicted octanol–water partition coefficient (Wildman–Crippen LogP) is 2.97. The molecule has 0 spiro atoms. The Morgan fingerprint density at radius 3 is 2.57 bits per heavy atom. The Labute approximate surface area is 175 Å². The molecule has 2 amide bonds. The maximum atomic E-state index is 14.7. The minimum absolute atomic E-state index is 0.135. The molecule has 2 heterocycles. The molecule has 1 aromatic carbocycles. The van der Waals surface area contributed by atoms with Crippen molar-refractivity contribution < 1.29 is 23.1 Å². The van der Waals surface area contributed by atoms with Crippen LogP contribution in [-0.2, 0) is 20.9 Å². The van der Waals surface area contributed by atoms with E-state index in [1.54, 1.807) is 4.90 Å². The Balaban J connectivity index is 1.96. The molecule has 1 aliphatic rings. The molecule has 0 saturated carbocycles. The molecule has 0 unspecified atom stereocenters. The molecule has 0 saturated heterocycles. The second-order valence-corrected chi connectivity index (χ2v) is 8.37. The number of carbonyl (C=O) groups excluding carboxylic acids is 2. The van der Waals surface area contributed by atoms with Gasteiger partial charge < -0.3 is 19.1 Å². The number of hydrogen-bond acceptors (Lipinski definition) is 3. The van der Waals surface area contributed by atoms with Gasteiger partial charge in [-0.05, 0) is 39.0 Å². The highest BCUT2D eigenvalue weighted by atomic mass is 19.1. The number of carbonyl (C=O) groups is 2. The lowest BCUT2D eigenvalue weighted by molar-refractivity contribution is -0.148. The molecule has 0 bridgehead atoms. The summed E-state index contributed by atoms with van der Waals surface area (Å²) >= 11 is 0. The third kappa shape index (κ3) is 4.38. The van der Waals surface area contributed by atoms with E-state index in [0.717, 1.165) is 11.8 Å². The first-order valence-corrected chi connectivity index (χ1v) is 9.82. The molecule has 1 aliphatic heterocycles. The first-order chi connectivity index (χ1) is 14.1. The monoisotopic (exact) mass is 419 g/mol. The van der Waals surface area contributed by atoms with Gasteiger partial charge in [0.1, 0.15) is 30.8 Å². The Morgan fingerprint density at radius 1 is 1.20 bits per heavy atom. The smallest absolute Gasteiger partial charge is 0.249 e. The lowest BCUT2D eigenvalue weighted by Gasteiger charge is -2.41. The van der Waals surface area contributed by atoms with Crippen LogP contribution in [0.4, 0.5) is 8.78 Å². The first-order valence-electron chi connectivity index (χ1n) is 9.82. The number of rotatable bonds is 5. The highest BCUT2D eigenvalue weighted by molar-refractivity contribution is 5.86. The summed E-state index contributed by atoms with van der Waals surface area (Å²) < 4.78 is 35.1. The topological polar surface area (TPSA) is 54.8 Å². The zero-order valence-electron chi connectivity index (χ0n) is 17.7. The van der Waals surface area contributed by atoms with E-state index in [1.165, 1.54) is 24.1 Å². The molecule has 8 heteroatoms. The van der Waals surface area contributed by atoms with Crippen LogP contribution in [0.5, 0.6) is 0 Å². The summed E-state index contributed by atoms with van der Waals surface area (Å²) in [6, 6.07) is 6.33. The van der Waals surface area contributed by atoms with Crippen LogP contribution in [0.25, 0.3) is 0 Å². The van der Waals surface area contributed by atoms with Gasteiger partial charge in [0.2, 0.25) is 11.8 Å². The minimum Gasteiger partial charge on any atom is -0.375 e. The number of fused-ring (bicyclic) bond motifs is 1. The lowest BCUT2D eigenvalue weighted by Crippen LogP contribution is -2.54. The number of ether oxygens (including phenoxy) is 1. The number of benzene rings is 1. The van der Waals surface area contributed by atoms with Crippen molar-refractivity contribution in [3.8, 4) is 0 Å². The zero-order chi connectivity index (χ0) is 22.1. The van der Waals surface area contributed by atoms with Gasteiger partial charge in [-0.2, -0.15) is 0 Å². The molecule has 30 heavy (non-hydrogen) atoms. The van der Waals surface area contributed by atoms with Gasteiger partial charge in [-0.3, -0.25) is 9.59 Å². The van der Waals surface area contributed by atoms with E-state index < -0.39 is 23.2 Å². The molecule has 0 N–H and O–H groups in total. The molecule has 1 aromatic heterocycles. The Morgan fingerprint density at radius 2 is 1.93 bits per heavy atom. The van der Waals surface area contributed by atoms with Gasteiger partial charge in [-0.1, -0.05) is 6.07 Å². The molecule has 0 fully saturated rings. The van der Waals surface area contributed by atoms with Crippen LogP contribution in [-0.4, -0.2) is 58.5 Å². The minimum atomic E-state index is -0.712. The van der Waals surface area contributed by atoms with Crippen LogP contribution < -0.4 is 0 Å². The van der Waals surface area contributed by atoms with Gasteiger partial charge in [0, 0.05) is 49.3 Å². The summed E-state index contributed by atoms with van der Waals surface area (Å²) in [5, 5.41) is 0. The molecule has 3 rings (SSSR count). The van der Waals surface area contributed by atoms with Gasteiger partial charge in [0.25, 0.3) is 0 Å². The van der Waals surface area contributed by atoms with Gasteiger partial charge in [0.05, 0.1) is 0 Å². The van der Waals surface area contributed by atoms with E-state index >= 15 is 0 Å². The number of methoxy groups -OCH3 is 1. The zero-order valence-corrected chi connectivity index (χ0v) is 17.7. The van der Waals surface area contributed by atoms with Crippen LogP contribution in [0.2, 0.25) is 0 Å². The summed E-state index contributed by atoms with van der Waals surface area (Å²) in [5.41, 5.74) is 0.360. The average Bonchev–Trinajstić information content (AvgIpc) is 3.13. The van der Waals surface area contributed by atoms with Crippen molar-refractivity contribution in [2.45, 2.75) is 38.9 Å². The standard InChI is InChI=1S/C22H27F2N3O3/c1-22(2,3)27(20(29)14-30-4)13-19(28)26-11-10-25-9-5-6-18(25)21(26)16-8-7-15(23)12-17(16)24/h5-9,12,21H,10-11,13-14H2,1-4H3/t21-/m1/s1. The van der Waals surface area contributed by atoms with Gasteiger partial charge in [-0.25, -0.2) is 8.78 Å². The largest absolute Gasteiger partial charge is 0.375 e. The highest BCUT2D eigenvalue weighted by Gasteiger charge is 2.36. The first kappa shape index (κ1) is 22.0. The van der Waals surface area contributed by atoms with E-state index in [-0.39, 0.29) is 30.5 Å². The molecule has 1 atom stereocenters. The third-order valence-corrected chi connectivity index (χ3v) is 5.29. The quantitative estimate of drug-likeness (QED) is 0.749. The molecular formula is C22H27F2N3O3. The highest BCUT2D eigenvalue weighted by Crippen LogP contribution is 2.34. The fourth-order valence-corrected chi connectivity index (χ4v) is 3.83. The predicted molar refractivity (Wildman–Crippen MR) is 108 cm³/mol. The Bertz CT molecular complexity index is 936. The van der Waals surface area contributed by atoms with Crippen molar-refractivity contribution >= 4 is 11.8 Å². The Hall–Kier alpha value is -2.74. The molecule has 6 nitrogen and oxygen atoms in total. The summed E-state index contributed by atoms with van der Waals surface area (Å²) in [6.45, 7) is 6.12. The average molecular weight is 419 g/mol. The molecule has 162 valence electrons. The number of hydrogen-bond donors (Lipinski definition) is 0. The van der Waals surface area contributed by atoms with Crippen LogP contribution in [0.1, 0.15) is 38.1 Å². The van der Waals surface area contributed by atoms with Crippen molar-refractivity contribution in [2.75, 3.05) is 26.8 Å². The third-order valence-electron chi connectivity index (χ3n) is 5.29. The summed E-state index contributed by atoms with van der Waals surface area (Å²) in [6.07, 6.45) is 1.87. The number of aromatic nitrogens is 1. The number of nitrogens with zero attached hydrogens (tertiary/aromatic N) is 3. The fraction of sp³-hybridized carbons (Fsp3) is 0.455. The SMILES string of the molecule is COCC(=O)N(CC(=O)N1CCn2cccc2[C@H]1c1ccc(F)cc1F)C(C)(C)C. The molecule has 0 aliphatic carbocycles. The van der Waals surface area contributed by atoms with Crippen molar-refractivity contribution in [1.29, 1.82) is 0 Å². The lowest BCUT2D eigenvalue weighted by atomic mass is 9.98. The fourth-order valence-electron chi connectivity index (χ4n) is 3.83. The van der Waals surface area contributed by atoms with Gasteiger partial charge in [0.15, 0.2) is 0 Å². The van der Waals surface area contributed by atoms with Crippen molar-refractivity contribution in [3.05, 3.63) is 59.4 Å². The van der Waals surface area contributed by atoms with E-state index in [2.05, 4.69) is 0 Å². The molecule has 2 aromatic rings. The maximum absolute atomic E-state index is 14.7. The maximum Gasteiger partial charge on any atom is 0.249 e. The summed E-state index contributed by atoms with van der Waals surface area (Å²) in [4.78, 5) is 28.9. The number of halogens is 2. The normalized spacial score (nSPS) is 16.3.